The van der Waals surface area contributed by atoms with Crippen LogP contribution in [0.2, 0.25) is 5.02 Å². The summed E-state index contributed by atoms with van der Waals surface area (Å²) in [7, 11) is 1.61. The molecule has 0 aliphatic heterocycles. The number of carbonyl (C=O) groups is 1. The average molecular weight is 332 g/mol. The molecule has 2 aromatic rings. The molecule has 5 nitrogen and oxygen atoms in total. The number of amides is 1. The van der Waals surface area contributed by atoms with Crippen LogP contribution in [0.5, 0.6) is 5.75 Å². The highest BCUT2D eigenvalue weighted by molar-refractivity contribution is 6.30. The van der Waals surface area contributed by atoms with Gasteiger partial charge in [-0.25, -0.2) is 5.43 Å². The minimum atomic E-state index is -0.228. The minimum absolute atomic E-state index is 0.129. The number of nitrogens with zero attached hydrogens (tertiary/aromatic N) is 1. The first-order chi connectivity index (χ1) is 11.1. The number of ether oxygens (including phenoxy) is 1. The molecule has 2 rings (SSSR count). The summed E-state index contributed by atoms with van der Waals surface area (Å²) in [5.41, 5.74) is 4.96. The van der Waals surface area contributed by atoms with E-state index in [0.717, 1.165) is 17.0 Å². The van der Waals surface area contributed by atoms with Crippen molar-refractivity contribution in [3.8, 4) is 5.75 Å². The van der Waals surface area contributed by atoms with Gasteiger partial charge >= 0.3 is 0 Å². The van der Waals surface area contributed by atoms with Crippen molar-refractivity contribution >= 4 is 28.9 Å². The molecule has 6 heteroatoms. The molecule has 0 spiro atoms. The zero-order valence-corrected chi connectivity index (χ0v) is 13.7. The number of rotatable bonds is 6. The lowest BCUT2D eigenvalue weighted by atomic mass is 10.1. The molecule has 2 aromatic carbocycles. The van der Waals surface area contributed by atoms with Crippen molar-refractivity contribution in [1.29, 1.82) is 0 Å². The highest BCUT2D eigenvalue weighted by atomic mass is 35.5. The quantitative estimate of drug-likeness (QED) is 0.630. The van der Waals surface area contributed by atoms with Gasteiger partial charge in [-0.2, -0.15) is 5.10 Å². The number of anilines is 1. The van der Waals surface area contributed by atoms with Gasteiger partial charge in [-0.3, -0.25) is 4.79 Å². The Bertz CT molecular complexity index is 682. The summed E-state index contributed by atoms with van der Waals surface area (Å²) in [6.45, 7) is 1.95. The van der Waals surface area contributed by atoms with Crippen LogP contribution in [-0.2, 0) is 4.79 Å². The van der Waals surface area contributed by atoms with Crippen LogP contribution in [0.25, 0.3) is 0 Å². The van der Waals surface area contributed by atoms with Gasteiger partial charge in [0.05, 0.1) is 19.4 Å². The van der Waals surface area contributed by atoms with Crippen molar-refractivity contribution in [1.82, 2.24) is 5.43 Å². The summed E-state index contributed by atoms with van der Waals surface area (Å²) in [4.78, 5) is 11.8. The molecular formula is C17H18ClN3O2. The molecule has 1 amide bonds. The van der Waals surface area contributed by atoms with Gasteiger partial charge in [-0.15, -0.1) is 0 Å². The van der Waals surface area contributed by atoms with E-state index in [1.807, 2.05) is 43.3 Å². The summed E-state index contributed by atoms with van der Waals surface area (Å²) >= 11 is 5.84. The SMILES string of the molecule is COc1ccc(NCC(=O)NN=C(C)c2ccc(Cl)cc2)cc1. The van der Waals surface area contributed by atoms with Gasteiger partial charge in [0.15, 0.2) is 0 Å². The van der Waals surface area contributed by atoms with E-state index in [0.29, 0.717) is 10.7 Å². The molecule has 2 N–H and O–H groups in total. The third-order valence-corrected chi connectivity index (χ3v) is 3.41. The van der Waals surface area contributed by atoms with Crippen LogP contribution >= 0.6 is 11.6 Å². The molecule has 0 aliphatic carbocycles. The predicted octanol–water partition coefficient (Wildman–Crippen LogP) is 3.30. The van der Waals surface area contributed by atoms with Crippen LogP contribution < -0.4 is 15.5 Å². The molecule has 0 saturated heterocycles. The Kier molecular flexibility index (Phi) is 6.00. The Labute approximate surface area is 140 Å². The molecule has 23 heavy (non-hydrogen) atoms. The van der Waals surface area contributed by atoms with Crippen LogP contribution in [0.3, 0.4) is 0 Å². The molecule has 0 atom stereocenters. The fourth-order valence-electron chi connectivity index (χ4n) is 1.83. The van der Waals surface area contributed by atoms with Gasteiger partial charge in [0.1, 0.15) is 5.75 Å². The molecule has 0 fully saturated rings. The van der Waals surface area contributed by atoms with Crippen LogP contribution in [-0.4, -0.2) is 25.3 Å². The van der Waals surface area contributed by atoms with Gasteiger partial charge in [0, 0.05) is 10.7 Å². The smallest absolute Gasteiger partial charge is 0.259 e. The number of nitrogens with one attached hydrogen (secondary N) is 2. The monoisotopic (exact) mass is 331 g/mol. The van der Waals surface area contributed by atoms with Crippen LogP contribution in [0.15, 0.2) is 53.6 Å². The number of methoxy groups -OCH3 is 1. The molecule has 0 radical (unpaired) electrons. The predicted molar refractivity (Wildman–Crippen MR) is 93.3 cm³/mol. The van der Waals surface area contributed by atoms with E-state index in [2.05, 4.69) is 15.8 Å². The average Bonchev–Trinajstić information content (AvgIpc) is 2.59. The molecule has 0 aromatic heterocycles. The van der Waals surface area contributed by atoms with Gasteiger partial charge in [0.25, 0.3) is 5.91 Å². The normalized spacial score (nSPS) is 11.0. The molecular weight excluding hydrogens is 314 g/mol. The number of hydrazone groups is 1. The van der Waals surface area contributed by atoms with E-state index >= 15 is 0 Å². The first kappa shape index (κ1) is 16.8. The van der Waals surface area contributed by atoms with E-state index < -0.39 is 0 Å². The first-order valence-electron chi connectivity index (χ1n) is 7.05. The van der Waals surface area contributed by atoms with Gasteiger partial charge in [-0.1, -0.05) is 23.7 Å². The lowest BCUT2D eigenvalue weighted by molar-refractivity contribution is -0.119. The third-order valence-electron chi connectivity index (χ3n) is 3.15. The number of hydrogen-bond donors (Lipinski definition) is 2. The van der Waals surface area contributed by atoms with Crippen LogP contribution in [0.1, 0.15) is 12.5 Å². The topological polar surface area (TPSA) is 62.7 Å². The van der Waals surface area contributed by atoms with Gasteiger partial charge in [0.2, 0.25) is 0 Å². The van der Waals surface area contributed by atoms with E-state index in [9.17, 15) is 4.79 Å². The van der Waals surface area contributed by atoms with Crippen molar-refractivity contribution in [2.24, 2.45) is 5.10 Å². The van der Waals surface area contributed by atoms with Crippen molar-refractivity contribution in [3.63, 3.8) is 0 Å². The fraction of sp³-hybridized carbons (Fsp3) is 0.176. The van der Waals surface area contributed by atoms with Crippen molar-refractivity contribution in [2.75, 3.05) is 19.0 Å². The summed E-state index contributed by atoms with van der Waals surface area (Å²) in [6, 6.07) is 14.6. The summed E-state index contributed by atoms with van der Waals surface area (Å²) < 4.78 is 5.08. The van der Waals surface area contributed by atoms with Crippen LogP contribution in [0.4, 0.5) is 5.69 Å². The van der Waals surface area contributed by atoms with Crippen molar-refractivity contribution in [3.05, 3.63) is 59.1 Å². The summed E-state index contributed by atoms with van der Waals surface area (Å²) in [6.07, 6.45) is 0. The van der Waals surface area contributed by atoms with Crippen LogP contribution in [0, 0.1) is 0 Å². The Morgan fingerprint density at radius 2 is 1.78 bits per heavy atom. The maximum absolute atomic E-state index is 11.8. The van der Waals surface area contributed by atoms with E-state index in [1.165, 1.54) is 0 Å². The fourth-order valence-corrected chi connectivity index (χ4v) is 1.96. The Balaban J connectivity index is 1.84. The number of carbonyl (C=O) groups excluding carboxylic acids is 1. The maximum atomic E-state index is 11.8. The van der Waals surface area contributed by atoms with Crippen molar-refractivity contribution < 1.29 is 9.53 Å². The highest BCUT2D eigenvalue weighted by Crippen LogP contribution is 2.14. The highest BCUT2D eigenvalue weighted by Gasteiger charge is 2.02. The number of hydrogen-bond acceptors (Lipinski definition) is 4. The maximum Gasteiger partial charge on any atom is 0.259 e. The standard InChI is InChI=1S/C17H18ClN3O2/c1-12(13-3-5-14(18)6-4-13)20-21-17(22)11-19-15-7-9-16(23-2)10-8-15/h3-10,19H,11H2,1-2H3,(H,21,22). The second-order valence-electron chi connectivity index (χ2n) is 4.82. The Morgan fingerprint density at radius 3 is 2.39 bits per heavy atom. The number of benzene rings is 2. The molecule has 0 heterocycles. The van der Waals surface area contributed by atoms with Gasteiger partial charge < -0.3 is 10.1 Å². The zero-order chi connectivity index (χ0) is 16.7. The minimum Gasteiger partial charge on any atom is -0.497 e. The second kappa shape index (κ2) is 8.19. The first-order valence-corrected chi connectivity index (χ1v) is 7.43. The third kappa shape index (κ3) is 5.30. The van der Waals surface area contributed by atoms with Crippen molar-refractivity contribution in [2.45, 2.75) is 6.92 Å². The largest absolute Gasteiger partial charge is 0.497 e. The zero-order valence-electron chi connectivity index (χ0n) is 13.0. The lowest BCUT2D eigenvalue weighted by Crippen LogP contribution is -2.26. The van der Waals surface area contributed by atoms with E-state index in [1.54, 1.807) is 19.2 Å². The molecule has 120 valence electrons. The summed E-state index contributed by atoms with van der Waals surface area (Å²) in [5, 5.41) is 7.75. The molecule has 0 unspecified atom stereocenters. The Hall–Kier alpha value is -2.53. The molecule has 0 bridgehead atoms. The molecule has 0 saturated carbocycles. The van der Waals surface area contributed by atoms with E-state index in [-0.39, 0.29) is 12.5 Å². The Morgan fingerprint density at radius 1 is 1.13 bits per heavy atom. The van der Waals surface area contributed by atoms with Gasteiger partial charge in [-0.05, 0) is 48.9 Å². The lowest BCUT2D eigenvalue weighted by Gasteiger charge is -2.07. The second-order valence-corrected chi connectivity index (χ2v) is 5.26. The molecule has 0 aliphatic rings. The van der Waals surface area contributed by atoms with E-state index in [4.69, 9.17) is 16.3 Å². The number of halogens is 1. The summed E-state index contributed by atoms with van der Waals surface area (Å²) in [5.74, 6) is 0.539.